The second-order valence-corrected chi connectivity index (χ2v) is 21.7. The maximum Gasteiger partial charge on any atom is 0.410 e. The average Bonchev–Trinajstić information content (AvgIpc) is 4.15. The Balaban J connectivity index is 0.000000196. The highest BCUT2D eigenvalue weighted by molar-refractivity contribution is 5.93. The summed E-state index contributed by atoms with van der Waals surface area (Å²) in [6.07, 6.45) is 8.15. The number of ether oxygens (including phenoxy) is 3. The molecule has 7 aliphatic rings. The van der Waals surface area contributed by atoms with Crippen LogP contribution < -0.4 is 30.5 Å². The number of aromatic nitrogens is 3. The molecule has 10 rings (SSSR count). The molecule has 2 aromatic heterocycles. The zero-order valence-electron chi connectivity index (χ0n) is 43.3. The molecule has 0 spiro atoms. The summed E-state index contributed by atoms with van der Waals surface area (Å²) < 4.78 is 18.2. The van der Waals surface area contributed by atoms with E-state index >= 15 is 0 Å². The molecule has 1 aromatic carbocycles. The highest BCUT2D eigenvalue weighted by atomic mass is 16.6. The summed E-state index contributed by atoms with van der Waals surface area (Å²) in [5.74, 6) is 1.22. The number of carbonyl (C=O) groups is 2. The van der Waals surface area contributed by atoms with Crippen molar-refractivity contribution in [2.45, 2.75) is 121 Å². The molecular weight excluding hydrogens is 931 g/mol. The Kier molecular flexibility index (Phi) is 16.6. The minimum Gasteiger partial charge on any atom is -0.465 e. The van der Waals surface area contributed by atoms with E-state index in [0.717, 1.165) is 73.7 Å². The van der Waals surface area contributed by atoms with E-state index in [0.29, 0.717) is 89.1 Å². The molecule has 6 fully saturated rings. The van der Waals surface area contributed by atoms with Crippen LogP contribution in [0.25, 0.3) is 10.8 Å². The largest absolute Gasteiger partial charge is 0.465 e. The number of likely N-dealkylation sites (tertiary alicyclic amines) is 2. The number of hydrogen-bond acceptors (Lipinski definition) is 18. The van der Waals surface area contributed by atoms with E-state index in [4.69, 9.17) is 29.4 Å². The SMILES string of the molecule is CN1CCCC1COC1NC2CNCC2C(N2CCN(C(=O)O)C(CC#N)C2)N1.CN1CCC[C@H]1COc1nc2c(c(N3CCN(C(=O)OC(C)(C)C)C(CC#N)C3)n1)CCN(c1cccc3cnccc13)C2. The molecule has 8 atom stereocenters. The lowest BCUT2D eigenvalue weighted by atomic mass is 9.95. The normalized spacial score (nSPS) is 27.9. The van der Waals surface area contributed by atoms with Crippen LogP contribution in [-0.4, -0.2) is 204 Å². The molecule has 21 nitrogen and oxygen atoms in total. The van der Waals surface area contributed by atoms with Gasteiger partial charge < -0.3 is 54.0 Å². The maximum absolute atomic E-state index is 13.0. The summed E-state index contributed by atoms with van der Waals surface area (Å²) in [4.78, 5) is 53.5. The molecule has 0 saturated carbocycles. The average molecular weight is 1010 g/mol. The van der Waals surface area contributed by atoms with E-state index in [1.54, 1.807) is 4.90 Å². The second kappa shape index (κ2) is 23.3. The van der Waals surface area contributed by atoms with Crippen molar-refractivity contribution in [2.75, 3.05) is 109 Å². The number of piperazine rings is 2. The monoisotopic (exact) mass is 1010 g/mol. The third kappa shape index (κ3) is 12.3. The Morgan fingerprint density at radius 1 is 0.836 bits per heavy atom. The Labute approximate surface area is 429 Å². The lowest BCUT2D eigenvalue weighted by Gasteiger charge is -2.49. The number of anilines is 2. The first-order valence-corrected chi connectivity index (χ1v) is 26.3. The molecule has 73 heavy (non-hydrogen) atoms. The molecule has 3 aromatic rings. The smallest absolute Gasteiger partial charge is 0.410 e. The van der Waals surface area contributed by atoms with Crippen LogP contribution in [0.3, 0.4) is 0 Å². The number of pyridine rings is 1. The summed E-state index contributed by atoms with van der Waals surface area (Å²) in [5.41, 5.74) is 2.61. The number of fused-ring (bicyclic) bond motifs is 3. The number of nitriles is 2. The number of carboxylic acid groups (broad SMARTS) is 1. The number of nitrogens with zero attached hydrogens (tertiary/aromatic N) is 12. The summed E-state index contributed by atoms with van der Waals surface area (Å²) in [7, 11) is 4.29. The number of amides is 2. The Morgan fingerprint density at radius 3 is 2.29 bits per heavy atom. The summed E-state index contributed by atoms with van der Waals surface area (Å²) >= 11 is 0. The predicted octanol–water partition coefficient (Wildman–Crippen LogP) is 3.47. The van der Waals surface area contributed by atoms with Gasteiger partial charge in [0.15, 0.2) is 6.35 Å². The van der Waals surface area contributed by atoms with Crippen LogP contribution in [0.4, 0.5) is 21.1 Å². The van der Waals surface area contributed by atoms with Crippen LogP contribution in [0.15, 0.2) is 36.7 Å². The van der Waals surface area contributed by atoms with Crippen LogP contribution in [-0.2, 0) is 22.4 Å². The molecule has 0 aliphatic carbocycles. The van der Waals surface area contributed by atoms with E-state index in [-0.39, 0.29) is 43.5 Å². The van der Waals surface area contributed by atoms with Crippen molar-refractivity contribution in [3.05, 3.63) is 47.9 Å². The fraction of sp³-hybridized carbons (Fsp3) is 0.673. The lowest BCUT2D eigenvalue weighted by Crippen LogP contribution is -2.71. The fourth-order valence-corrected chi connectivity index (χ4v) is 11.8. The minimum absolute atomic E-state index is 0.0969. The summed E-state index contributed by atoms with van der Waals surface area (Å²) in [6, 6.07) is 13.7. The summed E-state index contributed by atoms with van der Waals surface area (Å²) in [6.45, 7) is 15.4. The van der Waals surface area contributed by atoms with Crippen LogP contribution in [0.2, 0.25) is 0 Å². The van der Waals surface area contributed by atoms with Gasteiger partial charge in [-0.25, -0.2) is 9.59 Å². The van der Waals surface area contributed by atoms with Gasteiger partial charge in [-0.15, -0.1) is 0 Å². The zero-order chi connectivity index (χ0) is 51.2. The van der Waals surface area contributed by atoms with Crippen molar-refractivity contribution in [1.82, 2.24) is 55.4 Å². The highest BCUT2D eigenvalue weighted by Crippen LogP contribution is 2.35. The molecule has 0 radical (unpaired) electrons. The van der Waals surface area contributed by atoms with Gasteiger partial charge in [0.05, 0.1) is 62.1 Å². The Morgan fingerprint density at radius 2 is 1.58 bits per heavy atom. The molecular formula is C52H75N15O6. The van der Waals surface area contributed by atoms with Crippen LogP contribution in [0.5, 0.6) is 6.01 Å². The van der Waals surface area contributed by atoms with Gasteiger partial charge in [-0.05, 0) is 92.2 Å². The first kappa shape index (κ1) is 52.2. The molecule has 394 valence electrons. The van der Waals surface area contributed by atoms with Crippen molar-refractivity contribution < 1.29 is 28.9 Å². The first-order chi connectivity index (χ1) is 35.3. The van der Waals surface area contributed by atoms with Crippen LogP contribution in [0, 0.1) is 28.6 Å². The summed E-state index contributed by atoms with van der Waals surface area (Å²) in [5, 5.41) is 41.2. The molecule has 21 heteroatoms. The molecule has 9 heterocycles. The lowest BCUT2D eigenvalue weighted by molar-refractivity contribution is -0.0886. The predicted molar refractivity (Wildman–Crippen MR) is 275 cm³/mol. The topological polar surface area (TPSA) is 227 Å². The van der Waals surface area contributed by atoms with E-state index in [1.165, 1.54) is 29.5 Å². The highest BCUT2D eigenvalue weighted by Gasteiger charge is 2.45. The van der Waals surface area contributed by atoms with Gasteiger partial charge in [-0.3, -0.25) is 20.5 Å². The first-order valence-electron chi connectivity index (χ1n) is 26.3. The van der Waals surface area contributed by atoms with Gasteiger partial charge in [0.2, 0.25) is 0 Å². The Hall–Kier alpha value is -5.65. The van der Waals surface area contributed by atoms with Crippen molar-refractivity contribution >= 4 is 34.5 Å². The Bertz CT molecular complexity index is 2480. The van der Waals surface area contributed by atoms with Crippen LogP contribution in [0.1, 0.15) is 70.6 Å². The van der Waals surface area contributed by atoms with E-state index in [2.05, 4.69) is 95.9 Å². The number of hydrogen-bond donors (Lipinski definition) is 4. The van der Waals surface area contributed by atoms with Gasteiger partial charge in [-0.1, -0.05) is 12.1 Å². The van der Waals surface area contributed by atoms with Gasteiger partial charge in [0.25, 0.3) is 0 Å². The van der Waals surface area contributed by atoms with E-state index < -0.39 is 11.7 Å². The van der Waals surface area contributed by atoms with Crippen molar-refractivity contribution in [3.8, 4) is 18.1 Å². The molecule has 4 N–H and O–H groups in total. The molecule has 2 amide bonds. The molecule has 6 saturated heterocycles. The van der Waals surface area contributed by atoms with E-state index in [9.17, 15) is 20.0 Å². The molecule has 7 unspecified atom stereocenters. The van der Waals surface area contributed by atoms with Crippen molar-refractivity contribution in [2.24, 2.45) is 5.92 Å². The molecule has 0 bridgehead atoms. The van der Waals surface area contributed by atoms with Crippen molar-refractivity contribution in [1.29, 1.82) is 10.5 Å². The standard InChI is InChI=1S/C33H42N8O3.C19H33N7O3/c1-33(2,3)44-32(42)41-18-17-40(20-24(41)10-13-34)30-27-12-16-39(29-9-5-7-23-19-35-14-11-26(23)29)21-28(27)36-31(37-30)43-22-25-8-6-15-38(25)4;1-24-6-2-3-14(24)12-29-18-22-16-10-21-9-15(16)17(23-18)25-7-8-26(19(27)28)13(11-25)4-5-20/h5,7,9,11,14,19,24-25H,6,8,10,12,15-18,20-22H2,1-4H3;13-18,21-23H,2-4,6-12H2,1H3,(H,27,28)/t24?,25-;/m0./s1. The maximum atomic E-state index is 13.0. The quantitative estimate of drug-likeness (QED) is 0.216. The third-order valence-corrected chi connectivity index (χ3v) is 15.8. The third-order valence-electron chi connectivity index (χ3n) is 15.8. The van der Waals surface area contributed by atoms with Gasteiger partial charge in [-0.2, -0.15) is 20.5 Å². The number of benzene rings is 1. The number of rotatable bonds is 11. The minimum atomic E-state index is -0.939. The van der Waals surface area contributed by atoms with E-state index in [1.807, 2.05) is 33.2 Å². The van der Waals surface area contributed by atoms with Gasteiger partial charge >= 0.3 is 18.2 Å². The van der Waals surface area contributed by atoms with Gasteiger partial charge in [0.1, 0.15) is 18.0 Å². The molecule has 7 aliphatic heterocycles. The number of likely N-dealkylation sites (N-methyl/N-ethyl adjacent to an activating group) is 2. The number of nitrogens with one attached hydrogen (secondary N) is 3. The van der Waals surface area contributed by atoms with Crippen LogP contribution >= 0.6 is 0 Å². The van der Waals surface area contributed by atoms with Gasteiger partial charge in [0, 0.05) is 117 Å². The number of carbonyl (C=O) groups excluding carboxylic acids is 1. The van der Waals surface area contributed by atoms with Crippen molar-refractivity contribution in [3.63, 3.8) is 0 Å². The zero-order valence-corrected chi connectivity index (χ0v) is 43.3. The second-order valence-electron chi connectivity index (χ2n) is 21.7. The fourth-order valence-electron chi connectivity index (χ4n) is 11.8.